The van der Waals surface area contributed by atoms with Crippen molar-refractivity contribution in [2.45, 2.75) is 53.4 Å². The van der Waals surface area contributed by atoms with Crippen LogP contribution in [0.15, 0.2) is 126 Å². The monoisotopic (exact) mass is 502 g/mol. The Labute approximate surface area is 218 Å². The van der Waals surface area contributed by atoms with Crippen molar-refractivity contribution in [3.05, 3.63) is 126 Å². The van der Waals surface area contributed by atoms with Crippen molar-refractivity contribution in [3.63, 3.8) is 0 Å². The molecule has 0 atom stereocenters. The summed E-state index contributed by atoms with van der Waals surface area (Å²) < 4.78 is 0. The van der Waals surface area contributed by atoms with Crippen molar-refractivity contribution in [1.29, 1.82) is 0 Å². The van der Waals surface area contributed by atoms with Crippen LogP contribution >= 0.6 is 17.2 Å². The fourth-order valence-electron chi connectivity index (χ4n) is 4.65. The summed E-state index contributed by atoms with van der Waals surface area (Å²) in [6.45, 7) is 8.84. The molecule has 3 aromatic carbocycles. The minimum atomic E-state index is -3.22. The van der Waals surface area contributed by atoms with Gasteiger partial charge in [-0.2, -0.15) is 0 Å². The van der Waals surface area contributed by atoms with Gasteiger partial charge in [-0.05, 0) is 0 Å². The SMILES string of the molecule is CC(C)=CCCC(C)=CCCC(C)=CCP(Cl)(c1ccccc1)(c1ccccc1)c1ccccc1. The quantitative estimate of drug-likeness (QED) is 0.181. The second-order valence-electron chi connectivity index (χ2n) is 9.83. The van der Waals surface area contributed by atoms with Crippen LogP contribution < -0.4 is 15.9 Å². The van der Waals surface area contributed by atoms with Gasteiger partial charge in [0.25, 0.3) is 0 Å². The predicted molar refractivity (Wildman–Crippen MR) is 161 cm³/mol. The second kappa shape index (κ2) is 12.5. The molecule has 0 bridgehead atoms. The van der Waals surface area contributed by atoms with Gasteiger partial charge in [-0.25, -0.2) is 0 Å². The molecule has 0 heterocycles. The van der Waals surface area contributed by atoms with Gasteiger partial charge in [0.1, 0.15) is 0 Å². The van der Waals surface area contributed by atoms with E-state index in [9.17, 15) is 0 Å². The average Bonchev–Trinajstić information content (AvgIpc) is 2.89. The molecule has 0 N–H and O–H groups in total. The Morgan fingerprint density at radius 1 is 0.571 bits per heavy atom. The maximum absolute atomic E-state index is 8.15. The van der Waals surface area contributed by atoms with E-state index < -0.39 is 5.96 Å². The first-order valence-corrected chi connectivity index (χ1v) is 16.0. The summed E-state index contributed by atoms with van der Waals surface area (Å²) >= 11 is 8.15. The van der Waals surface area contributed by atoms with E-state index in [0.717, 1.165) is 31.8 Å². The topological polar surface area (TPSA) is 0 Å². The molecule has 3 aromatic rings. The van der Waals surface area contributed by atoms with Crippen LogP contribution in [0, 0.1) is 0 Å². The summed E-state index contributed by atoms with van der Waals surface area (Å²) in [5.74, 6) is -3.22. The van der Waals surface area contributed by atoms with Gasteiger partial charge in [0.15, 0.2) is 0 Å². The molecule has 0 fully saturated rings. The molecule has 0 unspecified atom stereocenters. The molecular weight excluding hydrogens is 463 g/mol. The van der Waals surface area contributed by atoms with E-state index in [2.05, 4.69) is 137 Å². The van der Waals surface area contributed by atoms with Crippen LogP contribution in [0.25, 0.3) is 0 Å². The zero-order valence-electron chi connectivity index (χ0n) is 21.8. The molecule has 0 nitrogen and oxygen atoms in total. The summed E-state index contributed by atoms with van der Waals surface area (Å²) in [4.78, 5) is 0. The Hall–Kier alpha value is -2.40. The molecule has 0 saturated heterocycles. The minimum absolute atomic E-state index is 0.806. The third-order valence-corrected chi connectivity index (χ3v) is 14.0. The molecule has 0 aliphatic carbocycles. The zero-order chi connectivity index (χ0) is 25.2. The standard InChI is InChI=1S/C33H40ClP/c1-28(2)16-14-17-29(3)18-15-19-30(4)26-27-35(34,31-20-8-5-9-21-31,32-22-10-6-11-23-32)33-24-12-7-13-25-33/h5-13,16,18,20-26H,14-15,17,19,27H2,1-4H3. The van der Waals surface area contributed by atoms with Crippen LogP contribution in [0.4, 0.5) is 0 Å². The number of halogens is 1. The Kier molecular flexibility index (Phi) is 9.73. The van der Waals surface area contributed by atoms with Gasteiger partial charge < -0.3 is 0 Å². The Morgan fingerprint density at radius 3 is 1.34 bits per heavy atom. The number of rotatable bonds is 11. The third-order valence-electron chi connectivity index (χ3n) is 6.79. The van der Waals surface area contributed by atoms with E-state index in [-0.39, 0.29) is 0 Å². The van der Waals surface area contributed by atoms with E-state index in [4.69, 9.17) is 11.2 Å². The van der Waals surface area contributed by atoms with Crippen molar-refractivity contribution < 1.29 is 0 Å². The molecule has 0 amide bonds. The zero-order valence-corrected chi connectivity index (χ0v) is 23.4. The van der Waals surface area contributed by atoms with Crippen molar-refractivity contribution >= 4 is 33.1 Å². The van der Waals surface area contributed by atoms with Crippen LogP contribution in [0.1, 0.15) is 53.4 Å². The third kappa shape index (κ3) is 6.63. The first-order valence-electron chi connectivity index (χ1n) is 12.7. The molecule has 0 radical (unpaired) electrons. The summed E-state index contributed by atoms with van der Waals surface area (Å²) in [6, 6.07) is 32.2. The van der Waals surface area contributed by atoms with Gasteiger partial charge in [0.2, 0.25) is 0 Å². The van der Waals surface area contributed by atoms with Crippen molar-refractivity contribution in [1.82, 2.24) is 0 Å². The molecule has 0 spiro atoms. The van der Waals surface area contributed by atoms with Gasteiger partial charge in [0, 0.05) is 0 Å². The average molecular weight is 503 g/mol. The van der Waals surface area contributed by atoms with Crippen LogP contribution in [0.3, 0.4) is 0 Å². The molecule has 0 aliphatic rings. The van der Waals surface area contributed by atoms with Gasteiger partial charge in [-0.3, -0.25) is 0 Å². The van der Waals surface area contributed by atoms with Crippen molar-refractivity contribution in [3.8, 4) is 0 Å². The Bertz CT molecular complexity index is 1050. The fraction of sp³-hybridized carbons (Fsp3) is 0.273. The van der Waals surface area contributed by atoms with E-state index in [1.54, 1.807) is 0 Å². The van der Waals surface area contributed by atoms with Gasteiger partial charge in [-0.15, -0.1) is 0 Å². The normalized spacial score (nSPS) is 13.7. The molecule has 2 heteroatoms. The fourth-order valence-corrected chi connectivity index (χ4v) is 10.4. The van der Waals surface area contributed by atoms with E-state index >= 15 is 0 Å². The first kappa shape index (κ1) is 27.2. The van der Waals surface area contributed by atoms with Gasteiger partial charge in [0.05, 0.1) is 0 Å². The molecule has 0 aliphatic heterocycles. The van der Waals surface area contributed by atoms with E-state index in [0.29, 0.717) is 0 Å². The molecule has 184 valence electrons. The maximum atomic E-state index is 8.15. The van der Waals surface area contributed by atoms with E-state index in [1.807, 2.05) is 0 Å². The number of allylic oxidation sites excluding steroid dienone is 6. The predicted octanol–water partition coefficient (Wildman–Crippen LogP) is 9.09. The molecule has 0 aromatic heterocycles. The molecule has 35 heavy (non-hydrogen) atoms. The summed E-state index contributed by atoms with van der Waals surface area (Å²) in [5.41, 5.74) is 4.27. The second-order valence-corrected chi connectivity index (χ2v) is 16.4. The number of hydrogen-bond donors (Lipinski definition) is 0. The van der Waals surface area contributed by atoms with Crippen LogP contribution in [-0.4, -0.2) is 6.16 Å². The Morgan fingerprint density at radius 2 is 0.943 bits per heavy atom. The van der Waals surface area contributed by atoms with E-state index in [1.165, 1.54) is 32.6 Å². The van der Waals surface area contributed by atoms with Gasteiger partial charge >= 0.3 is 219 Å². The molecule has 3 rings (SSSR count). The molecule has 0 saturated carbocycles. The van der Waals surface area contributed by atoms with Crippen LogP contribution in [0.5, 0.6) is 0 Å². The van der Waals surface area contributed by atoms with Crippen LogP contribution in [0.2, 0.25) is 0 Å². The summed E-state index contributed by atoms with van der Waals surface area (Å²) in [5, 5.41) is 3.66. The van der Waals surface area contributed by atoms with Crippen molar-refractivity contribution in [2.75, 3.05) is 6.16 Å². The summed E-state index contributed by atoms with van der Waals surface area (Å²) in [6.07, 6.45) is 12.3. The van der Waals surface area contributed by atoms with Crippen LogP contribution in [-0.2, 0) is 0 Å². The summed E-state index contributed by atoms with van der Waals surface area (Å²) in [7, 11) is 0. The van der Waals surface area contributed by atoms with Gasteiger partial charge in [-0.1, -0.05) is 0 Å². The number of benzene rings is 3. The first-order chi connectivity index (χ1) is 16.8. The van der Waals surface area contributed by atoms with Crippen molar-refractivity contribution in [2.24, 2.45) is 0 Å². The Balaban J connectivity index is 1.94. The number of hydrogen-bond acceptors (Lipinski definition) is 0. The molecular formula is C33H40ClP.